The van der Waals surface area contributed by atoms with E-state index in [2.05, 4.69) is 0 Å². The molecule has 0 saturated heterocycles. The summed E-state index contributed by atoms with van der Waals surface area (Å²) in [5, 5.41) is 0. The lowest BCUT2D eigenvalue weighted by molar-refractivity contribution is 0.467. The molecule has 1 rings (SSSR count). The zero-order chi connectivity index (χ0) is 11.4. The molecule has 84 valence electrons. The Hall–Kier alpha value is -1.03. The molecule has 2 N–H and O–H groups in total. The molecule has 0 amide bonds. The highest BCUT2D eigenvalue weighted by Gasteiger charge is 2.16. The predicted octanol–water partition coefficient (Wildman–Crippen LogP) is 3.29. The maximum atomic E-state index is 13.2. The van der Waals surface area contributed by atoms with Crippen LogP contribution in [0.3, 0.4) is 0 Å². The van der Waals surface area contributed by atoms with E-state index >= 15 is 0 Å². The molecule has 0 aliphatic rings. The first-order chi connectivity index (χ1) is 7.06. The molecule has 0 heterocycles. The molecule has 0 bridgehead atoms. The van der Waals surface area contributed by atoms with Crippen molar-refractivity contribution in [2.45, 2.75) is 32.2 Å². The predicted molar refractivity (Wildman–Crippen MR) is 52.8 cm³/mol. The fourth-order valence-electron chi connectivity index (χ4n) is 1.43. The quantitative estimate of drug-likeness (QED) is 0.769. The van der Waals surface area contributed by atoms with Crippen molar-refractivity contribution in [2.24, 2.45) is 5.73 Å². The second-order valence-corrected chi connectivity index (χ2v) is 3.54. The molecule has 1 aromatic carbocycles. The molecule has 0 fully saturated rings. The van der Waals surface area contributed by atoms with Crippen LogP contribution in [0.5, 0.6) is 0 Å². The van der Waals surface area contributed by atoms with Gasteiger partial charge in [0.05, 0.1) is 0 Å². The highest BCUT2D eigenvalue weighted by atomic mass is 19.2. The van der Waals surface area contributed by atoms with E-state index < -0.39 is 23.5 Å². The molecule has 1 aromatic rings. The van der Waals surface area contributed by atoms with Gasteiger partial charge in [-0.05, 0) is 12.5 Å². The summed E-state index contributed by atoms with van der Waals surface area (Å²) in [7, 11) is 0. The first kappa shape index (κ1) is 12.0. The molecule has 0 radical (unpaired) electrons. The normalized spacial score (nSPS) is 12.9. The molecule has 4 heteroatoms. The smallest absolute Gasteiger partial charge is 0.163 e. The molecular formula is C11H14F3N. The molecule has 1 nitrogen and oxygen atoms in total. The highest BCUT2D eigenvalue weighted by molar-refractivity contribution is 5.23. The summed E-state index contributed by atoms with van der Waals surface area (Å²) in [6, 6.07) is 0.833. The van der Waals surface area contributed by atoms with Crippen LogP contribution < -0.4 is 5.73 Å². The van der Waals surface area contributed by atoms with Gasteiger partial charge in [0, 0.05) is 17.7 Å². The van der Waals surface area contributed by atoms with Gasteiger partial charge in [0.1, 0.15) is 5.82 Å². The molecule has 0 aromatic heterocycles. The van der Waals surface area contributed by atoms with Crippen molar-refractivity contribution in [2.75, 3.05) is 0 Å². The van der Waals surface area contributed by atoms with Crippen LogP contribution in [0.25, 0.3) is 0 Å². The minimum atomic E-state index is -1.18. The average molecular weight is 217 g/mol. The van der Waals surface area contributed by atoms with E-state index in [-0.39, 0.29) is 5.56 Å². The second kappa shape index (κ2) is 5.16. The number of benzene rings is 1. The van der Waals surface area contributed by atoms with Gasteiger partial charge in [0.2, 0.25) is 0 Å². The summed E-state index contributed by atoms with van der Waals surface area (Å²) in [5.74, 6) is -3.02. The first-order valence-electron chi connectivity index (χ1n) is 4.96. The Balaban J connectivity index is 2.92. The standard InChI is InChI=1S/C11H14F3N/c1-2-3-4-10(15)8-5-7(12)6-9(13)11(8)14/h5-6,10H,2-4,15H2,1H3/t10-/m1/s1. The van der Waals surface area contributed by atoms with Crippen molar-refractivity contribution in [3.8, 4) is 0 Å². The Kier molecular flexibility index (Phi) is 4.15. The lowest BCUT2D eigenvalue weighted by Gasteiger charge is -2.12. The topological polar surface area (TPSA) is 26.0 Å². The van der Waals surface area contributed by atoms with Crippen molar-refractivity contribution in [1.82, 2.24) is 0 Å². The maximum absolute atomic E-state index is 13.2. The van der Waals surface area contributed by atoms with E-state index in [1.165, 1.54) is 0 Å². The molecule has 0 aliphatic heterocycles. The minimum absolute atomic E-state index is 0.0825. The van der Waals surface area contributed by atoms with Crippen molar-refractivity contribution in [1.29, 1.82) is 0 Å². The number of halogens is 3. The summed E-state index contributed by atoms with van der Waals surface area (Å²) in [5.41, 5.74) is 5.56. The summed E-state index contributed by atoms with van der Waals surface area (Å²) < 4.78 is 38.9. The van der Waals surface area contributed by atoms with Gasteiger partial charge in [-0.1, -0.05) is 19.8 Å². The van der Waals surface area contributed by atoms with Gasteiger partial charge >= 0.3 is 0 Å². The SMILES string of the molecule is CCCC[C@@H](N)c1cc(F)cc(F)c1F. The fraction of sp³-hybridized carbons (Fsp3) is 0.455. The third kappa shape index (κ3) is 2.96. The van der Waals surface area contributed by atoms with Gasteiger partial charge < -0.3 is 5.73 Å². The average Bonchev–Trinajstić information content (AvgIpc) is 2.19. The molecule has 0 saturated carbocycles. The third-order valence-corrected chi connectivity index (χ3v) is 2.29. The first-order valence-corrected chi connectivity index (χ1v) is 4.96. The molecule has 0 spiro atoms. The molecule has 15 heavy (non-hydrogen) atoms. The maximum Gasteiger partial charge on any atom is 0.163 e. The van der Waals surface area contributed by atoms with Crippen LogP contribution in [-0.4, -0.2) is 0 Å². The van der Waals surface area contributed by atoms with Crippen molar-refractivity contribution < 1.29 is 13.2 Å². The van der Waals surface area contributed by atoms with Gasteiger partial charge in [-0.2, -0.15) is 0 Å². The van der Waals surface area contributed by atoms with Gasteiger partial charge in [0.25, 0.3) is 0 Å². The summed E-state index contributed by atoms with van der Waals surface area (Å²) in [6.07, 6.45) is 2.24. The lowest BCUT2D eigenvalue weighted by Crippen LogP contribution is -2.13. The van der Waals surface area contributed by atoms with Gasteiger partial charge in [-0.3, -0.25) is 0 Å². The van der Waals surface area contributed by atoms with Crippen LogP contribution in [0, 0.1) is 17.5 Å². The summed E-state index contributed by atoms with van der Waals surface area (Å²) in [6.45, 7) is 1.97. The van der Waals surface area contributed by atoms with Crippen LogP contribution in [0.2, 0.25) is 0 Å². The van der Waals surface area contributed by atoms with Crippen LogP contribution in [-0.2, 0) is 0 Å². The van der Waals surface area contributed by atoms with E-state index in [9.17, 15) is 13.2 Å². The van der Waals surface area contributed by atoms with Crippen LogP contribution >= 0.6 is 0 Å². The summed E-state index contributed by atoms with van der Waals surface area (Å²) >= 11 is 0. The Morgan fingerprint density at radius 1 is 1.27 bits per heavy atom. The van der Waals surface area contributed by atoms with Crippen LogP contribution in [0.15, 0.2) is 12.1 Å². The Labute approximate surface area is 87.1 Å². The number of nitrogens with two attached hydrogens (primary N) is 1. The zero-order valence-corrected chi connectivity index (χ0v) is 8.56. The van der Waals surface area contributed by atoms with E-state index in [0.717, 1.165) is 18.9 Å². The van der Waals surface area contributed by atoms with Gasteiger partial charge in [-0.25, -0.2) is 13.2 Å². The van der Waals surface area contributed by atoms with E-state index in [1.807, 2.05) is 6.92 Å². The highest BCUT2D eigenvalue weighted by Crippen LogP contribution is 2.22. The van der Waals surface area contributed by atoms with E-state index in [1.54, 1.807) is 0 Å². The zero-order valence-electron chi connectivity index (χ0n) is 8.56. The molecule has 0 aliphatic carbocycles. The summed E-state index contributed by atoms with van der Waals surface area (Å²) in [4.78, 5) is 0. The Morgan fingerprint density at radius 2 is 1.93 bits per heavy atom. The molecule has 0 unspecified atom stereocenters. The van der Waals surface area contributed by atoms with Crippen LogP contribution in [0.1, 0.15) is 37.8 Å². The van der Waals surface area contributed by atoms with Gasteiger partial charge in [0.15, 0.2) is 11.6 Å². The number of rotatable bonds is 4. The van der Waals surface area contributed by atoms with Crippen molar-refractivity contribution in [3.63, 3.8) is 0 Å². The van der Waals surface area contributed by atoms with E-state index in [4.69, 9.17) is 5.73 Å². The van der Waals surface area contributed by atoms with Crippen molar-refractivity contribution >= 4 is 0 Å². The second-order valence-electron chi connectivity index (χ2n) is 3.54. The van der Waals surface area contributed by atoms with Gasteiger partial charge in [-0.15, -0.1) is 0 Å². The minimum Gasteiger partial charge on any atom is -0.324 e. The third-order valence-electron chi connectivity index (χ3n) is 2.29. The van der Waals surface area contributed by atoms with E-state index in [0.29, 0.717) is 12.5 Å². The monoisotopic (exact) mass is 217 g/mol. The molecular weight excluding hydrogens is 203 g/mol. The molecule has 1 atom stereocenters. The number of unbranched alkanes of at least 4 members (excludes halogenated alkanes) is 1. The van der Waals surface area contributed by atoms with Crippen molar-refractivity contribution in [3.05, 3.63) is 35.1 Å². The number of hydrogen-bond acceptors (Lipinski definition) is 1. The Bertz CT molecular complexity index is 339. The Morgan fingerprint density at radius 3 is 2.53 bits per heavy atom. The fourth-order valence-corrected chi connectivity index (χ4v) is 1.43. The lowest BCUT2D eigenvalue weighted by atomic mass is 10.0. The largest absolute Gasteiger partial charge is 0.324 e. The van der Waals surface area contributed by atoms with Crippen LogP contribution in [0.4, 0.5) is 13.2 Å². The number of hydrogen-bond donors (Lipinski definition) is 1.